The number of nitrogens with zero attached hydrogens (tertiary/aromatic N) is 4. The fraction of sp³-hybridized carbons (Fsp3) is 0.385. The van der Waals surface area contributed by atoms with Crippen LogP contribution in [0.25, 0.3) is 15.4 Å². The average Bonchev–Trinajstić information content (AvgIpc) is 3.67. The summed E-state index contributed by atoms with van der Waals surface area (Å²) >= 11 is 9.07. The third kappa shape index (κ3) is 4.51. The Balaban J connectivity index is 1.21. The summed E-state index contributed by atoms with van der Waals surface area (Å²) in [7, 11) is 0. The molecule has 192 valence electrons. The Bertz CT molecular complexity index is 1480. The zero-order chi connectivity index (χ0) is 25.7. The fourth-order valence-corrected chi connectivity index (χ4v) is 7.52. The third-order valence-corrected chi connectivity index (χ3v) is 9.40. The van der Waals surface area contributed by atoms with Crippen molar-refractivity contribution in [3.05, 3.63) is 57.3 Å². The molecule has 1 saturated heterocycles. The first-order valence-corrected chi connectivity index (χ1v) is 14.4. The molecule has 1 saturated carbocycles. The van der Waals surface area contributed by atoms with Gasteiger partial charge in [-0.1, -0.05) is 30.2 Å². The number of thiazole rings is 2. The zero-order valence-corrected chi connectivity index (χ0v) is 22.8. The molecule has 3 aromatic heterocycles. The van der Waals surface area contributed by atoms with Gasteiger partial charge in [-0.15, -0.1) is 22.7 Å². The van der Waals surface area contributed by atoms with E-state index in [1.807, 2.05) is 54.6 Å². The minimum Gasteiger partial charge on any atom is -0.391 e. The van der Waals surface area contributed by atoms with Crippen LogP contribution in [-0.2, 0) is 0 Å². The van der Waals surface area contributed by atoms with Crippen LogP contribution in [-0.4, -0.2) is 50.4 Å². The molecule has 1 aliphatic carbocycles. The molecular weight excluding hydrogens is 530 g/mol. The number of imidazole rings is 1. The Morgan fingerprint density at radius 2 is 2.00 bits per heavy atom. The van der Waals surface area contributed by atoms with Crippen LogP contribution in [0.15, 0.2) is 35.8 Å². The van der Waals surface area contributed by atoms with Crippen LogP contribution in [0.3, 0.4) is 0 Å². The minimum absolute atomic E-state index is 0.0875. The lowest BCUT2D eigenvalue weighted by Gasteiger charge is -2.28. The maximum atomic E-state index is 13.9. The quantitative estimate of drug-likeness (QED) is 0.335. The molecule has 11 heteroatoms. The van der Waals surface area contributed by atoms with Crippen molar-refractivity contribution < 1.29 is 14.3 Å². The van der Waals surface area contributed by atoms with Crippen molar-refractivity contribution in [2.24, 2.45) is 11.8 Å². The number of halogens is 1. The van der Waals surface area contributed by atoms with Crippen LogP contribution in [0.5, 0.6) is 5.88 Å². The van der Waals surface area contributed by atoms with Crippen LogP contribution < -0.4 is 10.1 Å². The predicted octanol–water partition coefficient (Wildman–Crippen LogP) is 5.82. The molecule has 1 aliphatic heterocycles. The molecule has 2 aliphatic rings. The van der Waals surface area contributed by atoms with Crippen LogP contribution in [0, 0.1) is 25.7 Å². The molecule has 6 rings (SSSR count). The van der Waals surface area contributed by atoms with Crippen LogP contribution in [0.1, 0.15) is 40.5 Å². The van der Waals surface area contributed by atoms with Crippen molar-refractivity contribution in [2.75, 3.05) is 13.1 Å². The predicted molar refractivity (Wildman–Crippen MR) is 145 cm³/mol. The summed E-state index contributed by atoms with van der Waals surface area (Å²) in [5.74, 6) is 1.11. The molecule has 0 bridgehead atoms. The monoisotopic (exact) mass is 555 g/mol. The van der Waals surface area contributed by atoms with Crippen molar-refractivity contribution in [1.82, 2.24) is 24.6 Å². The Labute approximate surface area is 227 Å². The summed E-state index contributed by atoms with van der Waals surface area (Å²) in [6.07, 6.45) is 4.58. The highest BCUT2D eigenvalue weighted by Crippen LogP contribution is 2.43. The van der Waals surface area contributed by atoms with Crippen molar-refractivity contribution in [2.45, 2.75) is 39.2 Å². The van der Waals surface area contributed by atoms with E-state index in [-0.39, 0.29) is 11.9 Å². The van der Waals surface area contributed by atoms with Crippen molar-refractivity contribution in [1.29, 1.82) is 0 Å². The van der Waals surface area contributed by atoms with Gasteiger partial charge in [-0.05, 0) is 56.2 Å². The molecule has 37 heavy (non-hydrogen) atoms. The molecule has 0 unspecified atom stereocenters. The highest BCUT2D eigenvalue weighted by Gasteiger charge is 2.47. The summed E-state index contributed by atoms with van der Waals surface area (Å²) < 4.78 is 7.40. The zero-order valence-electron chi connectivity index (χ0n) is 20.4. The summed E-state index contributed by atoms with van der Waals surface area (Å²) in [6, 6.07) is 7.38. The molecule has 4 heterocycles. The van der Waals surface area contributed by atoms with Gasteiger partial charge in [0.1, 0.15) is 11.4 Å². The molecule has 1 N–H and O–H groups in total. The highest BCUT2D eigenvalue weighted by molar-refractivity contribution is 7.15. The lowest BCUT2D eigenvalue weighted by Crippen LogP contribution is -2.46. The van der Waals surface area contributed by atoms with Gasteiger partial charge in [-0.3, -0.25) is 9.20 Å². The number of aromatic nitrogens is 3. The van der Waals surface area contributed by atoms with Gasteiger partial charge in [0.05, 0.1) is 15.9 Å². The van der Waals surface area contributed by atoms with Gasteiger partial charge in [-0.2, -0.15) is 0 Å². The standard InChI is InChI=1S/C26H26ClN5O3S2/c1-14-24(31-10-11-36-25(31)29-14)35-26(34)28-12-20-19-5-3-4-17(19)13-32(20)23(33)21-22(37-15(2)30-21)16-6-8-18(27)9-7-16/h6-11,17,19-20H,3-5,12-13H2,1-2H3,(H,28,34)/t17-,19-,20+/m0/s1. The van der Waals surface area contributed by atoms with Crippen LogP contribution in [0.2, 0.25) is 5.02 Å². The van der Waals surface area contributed by atoms with Crippen molar-refractivity contribution in [3.8, 4) is 16.3 Å². The first-order valence-electron chi connectivity index (χ1n) is 12.3. The number of benzene rings is 1. The summed E-state index contributed by atoms with van der Waals surface area (Å²) in [5.41, 5.74) is 2.04. The van der Waals surface area contributed by atoms with Crippen LogP contribution >= 0.6 is 34.3 Å². The molecule has 0 spiro atoms. The maximum Gasteiger partial charge on any atom is 0.414 e. The van der Waals surface area contributed by atoms with E-state index in [0.29, 0.717) is 47.2 Å². The largest absolute Gasteiger partial charge is 0.414 e. The molecule has 8 nitrogen and oxygen atoms in total. The SMILES string of the molecule is Cc1nc(C(=O)N2C[C@@H]3CCC[C@@H]3[C@H]2CNC(=O)Oc2c(C)nc3sccn23)c(-c2ccc(Cl)cc2)s1. The smallest absolute Gasteiger partial charge is 0.391 e. The molecular formula is C26H26ClN5O3S2. The van der Waals surface area contributed by atoms with E-state index in [1.165, 1.54) is 22.7 Å². The second kappa shape index (κ2) is 9.74. The number of aryl methyl sites for hydroxylation is 2. The normalized spacial score (nSPS) is 20.9. The van der Waals surface area contributed by atoms with Crippen molar-refractivity contribution >= 4 is 51.2 Å². The lowest BCUT2D eigenvalue weighted by molar-refractivity contribution is 0.0706. The molecule has 2 fully saturated rings. The first kappa shape index (κ1) is 24.4. The Kier molecular flexibility index (Phi) is 6.42. The number of nitrogens with one attached hydrogen (secondary N) is 1. The first-order chi connectivity index (χ1) is 17.9. The molecule has 0 radical (unpaired) electrons. The summed E-state index contributed by atoms with van der Waals surface area (Å²) in [4.78, 5) is 39.3. The van der Waals surface area contributed by atoms with Gasteiger partial charge in [0.25, 0.3) is 5.91 Å². The fourth-order valence-electron chi connectivity index (χ4n) is 5.73. The minimum atomic E-state index is -0.545. The number of amides is 2. The van der Waals surface area contributed by atoms with Gasteiger partial charge in [0.15, 0.2) is 4.96 Å². The van der Waals surface area contributed by atoms with Gasteiger partial charge >= 0.3 is 6.09 Å². The van der Waals surface area contributed by atoms with E-state index < -0.39 is 6.09 Å². The molecule has 3 atom stereocenters. The summed E-state index contributed by atoms with van der Waals surface area (Å²) in [5, 5.41) is 6.31. The molecule has 1 aromatic carbocycles. The number of hydrogen-bond donors (Lipinski definition) is 1. The topological polar surface area (TPSA) is 88.8 Å². The second-order valence-corrected chi connectivity index (χ2v) is 12.1. The third-order valence-electron chi connectivity index (χ3n) is 7.37. The summed E-state index contributed by atoms with van der Waals surface area (Å²) in [6.45, 7) is 4.74. The average molecular weight is 556 g/mol. The van der Waals surface area contributed by atoms with E-state index in [9.17, 15) is 9.59 Å². The van der Waals surface area contributed by atoms with E-state index in [0.717, 1.165) is 39.7 Å². The number of hydrogen-bond acceptors (Lipinski definition) is 7. The number of ether oxygens (including phenoxy) is 1. The highest BCUT2D eigenvalue weighted by atomic mass is 35.5. The van der Waals surface area contributed by atoms with Gasteiger partial charge in [0, 0.05) is 29.7 Å². The van der Waals surface area contributed by atoms with E-state index in [2.05, 4.69) is 15.3 Å². The van der Waals surface area contributed by atoms with Crippen molar-refractivity contribution in [3.63, 3.8) is 0 Å². The number of fused-ring (bicyclic) bond motifs is 2. The lowest BCUT2D eigenvalue weighted by atomic mass is 9.94. The van der Waals surface area contributed by atoms with Gasteiger partial charge in [-0.25, -0.2) is 14.8 Å². The molecule has 2 amide bonds. The maximum absolute atomic E-state index is 13.9. The second-order valence-electron chi connectivity index (χ2n) is 9.63. The van der Waals surface area contributed by atoms with E-state index in [4.69, 9.17) is 16.3 Å². The Morgan fingerprint density at radius 1 is 1.19 bits per heavy atom. The van der Waals surface area contributed by atoms with Crippen LogP contribution in [0.4, 0.5) is 4.79 Å². The number of carbonyl (C=O) groups excluding carboxylic acids is 2. The van der Waals surface area contributed by atoms with E-state index in [1.54, 1.807) is 4.40 Å². The molecule has 4 aromatic rings. The number of carbonyl (C=O) groups is 2. The number of likely N-dealkylation sites (tertiary alicyclic amines) is 1. The Hall–Kier alpha value is -2.95. The van der Waals surface area contributed by atoms with E-state index >= 15 is 0 Å². The van der Waals surface area contributed by atoms with Gasteiger partial charge in [0.2, 0.25) is 5.88 Å². The number of rotatable bonds is 5. The van der Waals surface area contributed by atoms with Gasteiger partial charge < -0.3 is 15.0 Å². The Morgan fingerprint density at radius 3 is 2.81 bits per heavy atom.